The van der Waals surface area contributed by atoms with Gasteiger partial charge in [0, 0.05) is 16.6 Å². The molecule has 0 aliphatic heterocycles. The number of halogens is 2. The Morgan fingerprint density at radius 2 is 1.86 bits per heavy atom. The summed E-state index contributed by atoms with van der Waals surface area (Å²) in [5.41, 5.74) is 1.66. The lowest BCUT2D eigenvalue weighted by Crippen LogP contribution is -2.30. The van der Waals surface area contributed by atoms with Crippen molar-refractivity contribution in [2.24, 2.45) is 0 Å². The fourth-order valence-corrected chi connectivity index (χ4v) is 2.57. The van der Waals surface area contributed by atoms with Crippen LogP contribution >= 0.6 is 23.2 Å². The Bertz CT molecular complexity index is 617. The Labute approximate surface area is 133 Å². The zero-order valence-electron chi connectivity index (χ0n) is 11.2. The van der Waals surface area contributed by atoms with Crippen LogP contribution < -0.4 is 5.32 Å². The van der Waals surface area contributed by atoms with Gasteiger partial charge in [-0.15, -0.1) is 0 Å². The first-order valence-corrected chi connectivity index (χ1v) is 7.28. The first-order chi connectivity index (χ1) is 10.1. The van der Waals surface area contributed by atoms with Crippen LogP contribution in [-0.4, -0.2) is 17.6 Å². The molecule has 0 bridgehead atoms. The first kappa shape index (κ1) is 15.8. The quantitative estimate of drug-likeness (QED) is 0.846. The molecule has 0 saturated carbocycles. The molecule has 0 aliphatic rings. The van der Waals surface area contributed by atoms with Crippen LogP contribution in [0.15, 0.2) is 48.5 Å². The first-order valence-electron chi connectivity index (χ1n) is 6.53. The van der Waals surface area contributed by atoms with Gasteiger partial charge in [0.05, 0.1) is 0 Å². The van der Waals surface area contributed by atoms with E-state index in [1.165, 1.54) is 0 Å². The number of carboxylic acid groups (broad SMARTS) is 1. The number of nitrogens with one attached hydrogen (secondary N) is 1. The van der Waals surface area contributed by atoms with Gasteiger partial charge in [-0.05, 0) is 29.7 Å². The lowest BCUT2D eigenvalue weighted by Gasteiger charge is -2.15. The second-order valence-corrected chi connectivity index (χ2v) is 5.47. The molecule has 2 N–H and O–H groups in total. The summed E-state index contributed by atoms with van der Waals surface area (Å²) >= 11 is 11.9. The standard InChI is InChI=1S/C16H15Cl2NO2/c17-13-7-6-11(14(18)10-13)8-9-19-15(16(20)21)12-4-2-1-3-5-12/h1-7,10,15,19H,8-9H2,(H,20,21). The highest BCUT2D eigenvalue weighted by atomic mass is 35.5. The van der Waals surface area contributed by atoms with Gasteiger partial charge in [-0.3, -0.25) is 4.79 Å². The van der Waals surface area contributed by atoms with Gasteiger partial charge >= 0.3 is 5.97 Å². The van der Waals surface area contributed by atoms with Gasteiger partial charge in [-0.1, -0.05) is 59.6 Å². The van der Waals surface area contributed by atoms with Gasteiger partial charge in [-0.25, -0.2) is 0 Å². The van der Waals surface area contributed by atoms with E-state index in [4.69, 9.17) is 23.2 Å². The summed E-state index contributed by atoms with van der Waals surface area (Å²) in [4.78, 5) is 11.3. The predicted octanol–water partition coefficient (Wildman–Crippen LogP) is 3.95. The zero-order valence-corrected chi connectivity index (χ0v) is 12.7. The van der Waals surface area contributed by atoms with Crippen molar-refractivity contribution in [3.63, 3.8) is 0 Å². The van der Waals surface area contributed by atoms with E-state index in [1.807, 2.05) is 24.3 Å². The minimum Gasteiger partial charge on any atom is -0.480 e. The van der Waals surface area contributed by atoms with Crippen LogP contribution in [0, 0.1) is 0 Å². The molecular weight excluding hydrogens is 309 g/mol. The number of hydrogen-bond donors (Lipinski definition) is 2. The van der Waals surface area contributed by atoms with Crippen molar-refractivity contribution < 1.29 is 9.90 Å². The van der Waals surface area contributed by atoms with Gasteiger partial charge in [0.25, 0.3) is 0 Å². The summed E-state index contributed by atoms with van der Waals surface area (Å²) < 4.78 is 0. The summed E-state index contributed by atoms with van der Waals surface area (Å²) in [5.74, 6) is -0.900. The molecule has 3 nitrogen and oxygen atoms in total. The van der Waals surface area contributed by atoms with Gasteiger partial charge in [-0.2, -0.15) is 0 Å². The number of aliphatic carboxylic acids is 1. The molecule has 1 atom stereocenters. The minimum atomic E-state index is -0.900. The van der Waals surface area contributed by atoms with Crippen LogP contribution in [-0.2, 0) is 11.2 Å². The molecule has 1 unspecified atom stereocenters. The van der Waals surface area contributed by atoms with Crippen LogP contribution in [0.25, 0.3) is 0 Å². The molecule has 0 spiro atoms. The number of rotatable bonds is 6. The predicted molar refractivity (Wildman–Crippen MR) is 85.0 cm³/mol. The highest BCUT2D eigenvalue weighted by Crippen LogP contribution is 2.21. The molecule has 2 aromatic carbocycles. The highest BCUT2D eigenvalue weighted by molar-refractivity contribution is 6.35. The van der Waals surface area contributed by atoms with Crippen molar-refractivity contribution in [1.29, 1.82) is 0 Å². The Morgan fingerprint density at radius 3 is 2.48 bits per heavy atom. The average Bonchev–Trinajstić information content (AvgIpc) is 2.46. The van der Waals surface area contributed by atoms with Crippen LogP contribution in [0.4, 0.5) is 0 Å². The van der Waals surface area contributed by atoms with Gasteiger partial charge < -0.3 is 10.4 Å². The van der Waals surface area contributed by atoms with Crippen molar-refractivity contribution in [2.45, 2.75) is 12.5 Å². The molecule has 0 radical (unpaired) electrons. The third kappa shape index (κ3) is 4.46. The molecule has 0 aliphatic carbocycles. The largest absolute Gasteiger partial charge is 0.480 e. The highest BCUT2D eigenvalue weighted by Gasteiger charge is 2.18. The van der Waals surface area contributed by atoms with Crippen LogP contribution in [0.5, 0.6) is 0 Å². The molecule has 0 amide bonds. The maximum Gasteiger partial charge on any atom is 0.325 e. The molecule has 0 fully saturated rings. The smallest absolute Gasteiger partial charge is 0.325 e. The van der Waals surface area contributed by atoms with Crippen molar-refractivity contribution in [3.05, 3.63) is 69.7 Å². The monoisotopic (exact) mass is 323 g/mol. The summed E-state index contributed by atoms with van der Waals surface area (Å²) in [6.45, 7) is 0.507. The Hall–Kier alpha value is -1.55. The van der Waals surface area contributed by atoms with E-state index in [-0.39, 0.29) is 0 Å². The Morgan fingerprint density at radius 1 is 1.14 bits per heavy atom. The molecular formula is C16H15Cl2NO2. The fraction of sp³-hybridized carbons (Fsp3) is 0.188. The number of hydrogen-bond acceptors (Lipinski definition) is 2. The summed E-state index contributed by atoms with van der Waals surface area (Å²) in [6.07, 6.45) is 0.632. The van der Waals surface area contributed by atoms with Gasteiger partial charge in [0.2, 0.25) is 0 Å². The SMILES string of the molecule is O=C(O)C(NCCc1ccc(Cl)cc1Cl)c1ccccc1. The maximum absolute atomic E-state index is 11.3. The number of carboxylic acids is 1. The summed E-state index contributed by atoms with van der Waals surface area (Å²) in [5, 5.41) is 13.5. The number of benzene rings is 2. The van der Waals surface area contributed by atoms with E-state index in [9.17, 15) is 9.90 Å². The van der Waals surface area contributed by atoms with Crippen LogP contribution in [0.1, 0.15) is 17.2 Å². The van der Waals surface area contributed by atoms with E-state index in [1.54, 1.807) is 24.3 Å². The van der Waals surface area contributed by atoms with Crippen molar-refractivity contribution in [3.8, 4) is 0 Å². The van der Waals surface area contributed by atoms with Gasteiger partial charge in [0.15, 0.2) is 0 Å². The Kier molecular flexibility index (Phi) is 5.62. The van der Waals surface area contributed by atoms with Crippen molar-refractivity contribution in [1.82, 2.24) is 5.32 Å². The van der Waals surface area contributed by atoms with Crippen LogP contribution in [0.2, 0.25) is 10.0 Å². The van der Waals surface area contributed by atoms with E-state index in [0.29, 0.717) is 23.0 Å². The molecule has 110 valence electrons. The van der Waals surface area contributed by atoms with E-state index in [2.05, 4.69) is 5.32 Å². The molecule has 21 heavy (non-hydrogen) atoms. The second kappa shape index (κ2) is 7.46. The van der Waals surface area contributed by atoms with Gasteiger partial charge in [0.1, 0.15) is 6.04 Å². The van der Waals surface area contributed by atoms with E-state index in [0.717, 1.165) is 11.1 Å². The summed E-state index contributed by atoms with van der Waals surface area (Å²) in [7, 11) is 0. The average molecular weight is 324 g/mol. The lowest BCUT2D eigenvalue weighted by atomic mass is 10.1. The molecule has 2 aromatic rings. The fourth-order valence-electron chi connectivity index (χ4n) is 2.07. The van der Waals surface area contributed by atoms with E-state index >= 15 is 0 Å². The molecule has 0 saturated heterocycles. The second-order valence-electron chi connectivity index (χ2n) is 4.62. The maximum atomic E-state index is 11.3. The zero-order chi connectivity index (χ0) is 15.2. The molecule has 5 heteroatoms. The summed E-state index contributed by atoms with van der Waals surface area (Å²) in [6, 6.07) is 13.7. The van der Waals surface area contributed by atoms with Crippen molar-refractivity contribution in [2.75, 3.05) is 6.54 Å². The lowest BCUT2D eigenvalue weighted by molar-refractivity contribution is -0.139. The van der Waals surface area contributed by atoms with Crippen molar-refractivity contribution >= 4 is 29.2 Å². The molecule has 2 rings (SSSR count). The number of carbonyl (C=O) groups is 1. The minimum absolute atomic E-state index is 0.507. The molecule has 0 heterocycles. The Balaban J connectivity index is 1.98. The third-order valence-electron chi connectivity index (χ3n) is 3.14. The third-order valence-corrected chi connectivity index (χ3v) is 3.72. The topological polar surface area (TPSA) is 49.3 Å². The normalized spacial score (nSPS) is 12.1. The molecule has 0 aromatic heterocycles. The van der Waals surface area contributed by atoms with Crippen LogP contribution in [0.3, 0.4) is 0 Å². The van der Waals surface area contributed by atoms with E-state index < -0.39 is 12.0 Å².